The Labute approximate surface area is 88.3 Å². The van der Waals surface area contributed by atoms with Gasteiger partial charge in [0.05, 0.1) is 0 Å². The van der Waals surface area contributed by atoms with Crippen LogP contribution < -0.4 is 5.32 Å². The molecule has 2 unspecified atom stereocenters. The largest absolute Gasteiger partial charge is 0.310 e. The number of halogens is 2. The van der Waals surface area contributed by atoms with Gasteiger partial charge in [-0.25, -0.2) is 4.39 Å². The van der Waals surface area contributed by atoms with Crippen LogP contribution in [-0.4, -0.2) is 6.54 Å². The monoisotopic (exact) mass is 213 g/mol. The summed E-state index contributed by atoms with van der Waals surface area (Å²) in [5.41, 5.74) is 0.885. The fourth-order valence-corrected chi connectivity index (χ4v) is 2.18. The van der Waals surface area contributed by atoms with Gasteiger partial charge < -0.3 is 5.32 Å². The van der Waals surface area contributed by atoms with E-state index in [1.807, 2.05) is 0 Å². The van der Waals surface area contributed by atoms with Crippen LogP contribution in [0.2, 0.25) is 5.02 Å². The summed E-state index contributed by atoms with van der Waals surface area (Å²) in [5.74, 6) is 0.421. The van der Waals surface area contributed by atoms with Gasteiger partial charge in [0.15, 0.2) is 0 Å². The quantitative estimate of drug-likeness (QED) is 0.756. The Morgan fingerprint density at radius 2 is 2.29 bits per heavy atom. The molecule has 1 aliphatic rings. The van der Waals surface area contributed by atoms with Crippen LogP contribution >= 0.6 is 11.6 Å². The van der Waals surface area contributed by atoms with Crippen LogP contribution in [0.4, 0.5) is 4.39 Å². The van der Waals surface area contributed by atoms with Crippen molar-refractivity contribution < 1.29 is 4.39 Å². The van der Waals surface area contributed by atoms with Gasteiger partial charge in [-0.3, -0.25) is 0 Å². The molecule has 1 aromatic rings. The summed E-state index contributed by atoms with van der Waals surface area (Å²) in [6, 6.07) is 4.76. The second-order valence-corrected chi connectivity index (χ2v) is 4.37. The van der Waals surface area contributed by atoms with E-state index >= 15 is 0 Å². The number of benzene rings is 1. The van der Waals surface area contributed by atoms with Gasteiger partial charge >= 0.3 is 0 Å². The minimum atomic E-state index is -0.217. The van der Waals surface area contributed by atoms with Gasteiger partial charge in [0.2, 0.25) is 0 Å². The first-order valence-electron chi connectivity index (χ1n) is 4.85. The molecule has 14 heavy (non-hydrogen) atoms. The van der Waals surface area contributed by atoms with Gasteiger partial charge in [-0.15, -0.1) is 0 Å². The SMILES string of the molecule is CC1CNC(c2cc(F)ccc2Cl)C1. The number of nitrogens with one attached hydrogen (secondary N) is 1. The minimum absolute atomic E-state index is 0.216. The molecule has 1 heterocycles. The van der Waals surface area contributed by atoms with Crippen LogP contribution in [0.5, 0.6) is 0 Å². The number of hydrogen-bond donors (Lipinski definition) is 1. The van der Waals surface area contributed by atoms with Gasteiger partial charge in [0.25, 0.3) is 0 Å². The molecule has 0 bridgehead atoms. The molecular formula is C11H13ClFN. The molecule has 1 fully saturated rings. The Morgan fingerprint density at radius 3 is 2.93 bits per heavy atom. The third-order valence-corrected chi connectivity index (χ3v) is 3.03. The lowest BCUT2D eigenvalue weighted by Crippen LogP contribution is -2.13. The molecule has 0 amide bonds. The third kappa shape index (κ3) is 1.91. The minimum Gasteiger partial charge on any atom is -0.310 e. The van der Waals surface area contributed by atoms with E-state index in [2.05, 4.69) is 12.2 Å². The van der Waals surface area contributed by atoms with Crippen LogP contribution in [0.25, 0.3) is 0 Å². The summed E-state index contributed by atoms with van der Waals surface area (Å²) >= 11 is 6.02. The molecule has 3 heteroatoms. The topological polar surface area (TPSA) is 12.0 Å². The van der Waals surface area contributed by atoms with Crippen LogP contribution in [0.1, 0.15) is 24.9 Å². The Morgan fingerprint density at radius 1 is 1.50 bits per heavy atom. The second kappa shape index (κ2) is 3.87. The van der Waals surface area contributed by atoms with Crippen molar-refractivity contribution in [2.24, 2.45) is 5.92 Å². The van der Waals surface area contributed by atoms with Crippen LogP contribution in [0.15, 0.2) is 18.2 Å². The zero-order valence-corrected chi connectivity index (χ0v) is 8.81. The zero-order valence-electron chi connectivity index (χ0n) is 8.06. The first kappa shape index (κ1) is 9.94. The molecule has 1 aromatic carbocycles. The Hall–Kier alpha value is -0.600. The highest BCUT2D eigenvalue weighted by Crippen LogP contribution is 2.31. The maximum absolute atomic E-state index is 13.0. The van der Waals surface area contributed by atoms with Crippen molar-refractivity contribution in [1.29, 1.82) is 0 Å². The molecule has 0 spiro atoms. The zero-order chi connectivity index (χ0) is 10.1. The molecule has 1 nitrogen and oxygen atoms in total. The molecule has 0 aliphatic carbocycles. The van der Waals surface area contributed by atoms with Crippen LogP contribution in [0, 0.1) is 11.7 Å². The average Bonchev–Trinajstić information content (AvgIpc) is 2.56. The van der Waals surface area contributed by atoms with Gasteiger partial charge in [0, 0.05) is 11.1 Å². The summed E-state index contributed by atoms with van der Waals surface area (Å²) in [5, 5.41) is 3.99. The van der Waals surface area contributed by atoms with E-state index in [4.69, 9.17) is 11.6 Å². The maximum atomic E-state index is 13.0. The number of rotatable bonds is 1. The Kier molecular flexibility index (Phi) is 2.75. The summed E-state index contributed by atoms with van der Waals surface area (Å²) in [4.78, 5) is 0. The lowest BCUT2D eigenvalue weighted by Gasteiger charge is -2.12. The lowest BCUT2D eigenvalue weighted by molar-refractivity contribution is 0.594. The average molecular weight is 214 g/mol. The summed E-state index contributed by atoms with van der Waals surface area (Å²) < 4.78 is 13.0. The van der Waals surface area contributed by atoms with Gasteiger partial charge in [-0.05, 0) is 42.6 Å². The smallest absolute Gasteiger partial charge is 0.123 e. The highest BCUT2D eigenvalue weighted by atomic mass is 35.5. The van der Waals surface area contributed by atoms with Crippen molar-refractivity contribution in [3.05, 3.63) is 34.6 Å². The summed E-state index contributed by atoms with van der Waals surface area (Å²) in [6.07, 6.45) is 1.03. The Balaban J connectivity index is 2.27. The molecule has 0 radical (unpaired) electrons. The van der Waals surface area contributed by atoms with Gasteiger partial charge in [-0.1, -0.05) is 18.5 Å². The van der Waals surface area contributed by atoms with Crippen molar-refractivity contribution in [3.63, 3.8) is 0 Å². The lowest BCUT2D eigenvalue weighted by atomic mass is 10.0. The molecule has 76 valence electrons. The fourth-order valence-electron chi connectivity index (χ4n) is 1.93. The van der Waals surface area contributed by atoms with E-state index in [1.165, 1.54) is 12.1 Å². The van der Waals surface area contributed by atoms with Gasteiger partial charge in [-0.2, -0.15) is 0 Å². The number of hydrogen-bond acceptors (Lipinski definition) is 1. The van der Waals surface area contributed by atoms with Crippen molar-refractivity contribution in [2.75, 3.05) is 6.54 Å². The molecule has 2 rings (SSSR count). The highest BCUT2D eigenvalue weighted by Gasteiger charge is 2.23. The second-order valence-electron chi connectivity index (χ2n) is 3.97. The Bertz CT molecular complexity index is 340. The fraction of sp³-hybridized carbons (Fsp3) is 0.455. The predicted molar refractivity (Wildman–Crippen MR) is 55.9 cm³/mol. The van der Waals surface area contributed by atoms with Crippen molar-refractivity contribution >= 4 is 11.6 Å². The van der Waals surface area contributed by atoms with E-state index in [9.17, 15) is 4.39 Å². The van der Waals surface area contributed by atoms with E-state index in [0.29, 0.717) is 10.9 Å². The van der Waals surface area contributed by atoms with Crippen LogP contribution in [0.3, 0.4) is 0 Å². The van der Waals surface area contributed by atoms with Gasteiger partial charge in [0.1, 0.15) is 5.82 Å². The standard InChI is InChI=1S/C11H13ClFN/c1-7-4-11(14-6-7)9-5-8(13)2-3-10(9)12/h2-3,5,7,11,14H,4,6H2,1H3. The normalized spacial score (nSPS) is 26.8. The first-order valence-corrected chi connectivity index (χ1v) is 5.23. The molecule has 0 saturated carbocycles. The highest BCUT2D eigenvalue weighted by molar-refractivity contribution is 6.31. The third-order valence-electron chi connectivity index (χ3n) is 2.68. The first-order chi connectivity index (χ1) is 6.66. The van der Waals surface area contributed by atoms with Crippen LogP contribution in [-0.2, 0) is 0 Å². The molecule has 2 atom stereocenters. The van der Waals surface area contributed by atoms with E-state index in [0.717, 1.165) is 18.5 Å². The van der Waals surface area contributed by atoms with E-state index < -0.39 is 0 Å². The molecule has 1 N–H and O–H groups in total. The van der Waals surface area contributed by atoms with Crippen molar-refractivity contribution in [3.8, 4) is 0 Å². The molecule has 1 saturated heterocycles. The van der Waals surface area contributed by atoms with E-state index in [1.54, 1.807) is 6.07 Å². The molecule has 0 aromatic heterocycles. The van der Waals surface area contributed by atoms with Crippen molar-refractivity contribution in [1.82, 2.24) is 5.32 Å². The molecule has 1 aliphatic heterocycles. The molecular weight excluding hydrogens is 201 g/mol. The van der Waals surface area contributed by atoms with Crippen molar-refractivity contribution in [2.45, 2.75) is 19.4 Å². The maximum Gasteiger partial charge on any atom is 0.123 e. The summed E-state index contributed by atoms with van der Waals surface area (Å²) in [7, 11) is 0. The summed E-state index contributed by atoms with van der Waals surface area (Å²) in [6.45, 7) is 3.16. The van der Waals surface area contributed by atoms with E-state index in [-0.39, 0.29) is 11.9 Å². The predicted octanol–water partition coefficient (Wildman–Crippen LogP) is 3.15.